The molecule has 1 aliphatic rings. The Hall–Kier alpha value is -2.29. The lowest BCUT2D eigenvalue weighted by molar-refractivity contribution is -0.139. The van der Waals surface area contributed by atoms with Gasteiger partial charge in [-0.2, -0.15) is 0 Å². The van der Waals surface area contributed by atoms with Crippen LogP contribution >= 0.6 is 23.2 Å². The van der Waals surface area contributed by atoms with Crippen LogP contribution in [0.3, 0.4) is 0 Å². The lowest BCUT2D eigenvalue weighted by Crippen LogP contribution is -2.52. The lowest BCUT2D eigenvalue weighted by Gasteiger charge is -2.33. The van der Waals surface area contributed by atoms with Crippen LogP contribution in [0.25, 0.3) is 0 Å². The van der Waals surface area contributed by atoms with Crippen molar-refractivity contribution in [2.75, 3.05) is 17.1 Å². The number of nitrogens with one attached hydrogen (secondary N) is 1. The van der Waals surface area contributed by atoms with Crippen LogP contribution in [0, 0.1) is 0 Å². The van der Waals surface area contributed by atoms with Crippen LogP contribution in [0.4, 0.5) is 5.69 Å². The van der Waals surface area contributed by atoms with Crippen LogP contribution in [-0.2, 0) is 26.2 Å². The maximum absolute atomic E-state index is 13.5. The normalized spacial score (nSPS) is 15.3. The smallest absolute Gasteiger partial charge is 0.244 e. The topological polar surface area (TPSA) is 86.8 Å². The highest BCUT2D eigenvalue weighted by Crippen LogP contribution is 2.22. The number of amides is 2. The van der Waals surface area contributed by atoms with Crippen molar-refractivity contribution in [1.82, 2.24) is 10.2 Å². The highest BCUT2D eigenvalue weighted by atomic mass is 35.5. The highest BCUT2D eigenvalue weighted by molar-refractivity contribution is 7.92. The fraction of sp³-hybridized carbons (Fsp3) is 0.440. The number of hydrogen-bond donors (Lipinski definition) is 1. The van der Waals surface area contributed by atoms with Crippen molar-refractivity contribution in [2.45, 2.75) is 57.7 Å². The van der Waals surface area contributed by atoms with E-state index >= 15 is 0 Å². The SMILES string of the molecule is C[C@@H](C(=O)NC1CCCCC1)N(Cc1cccc(Cl)c1)C(=O)CN(c1ccc(Cl)cc1)S(C)(=O)=O. The molecule has 1 fully saturated rings. The second-order valence-electron chi connectivity index (χ2n) is 8.92. The molecule has 190 valence electrons. The van der Waals surface area contributed by atoms with Gasteiger partial charge in [0, 0.05) is 22.6 Å². The quantitative estimate of drug-likeness (QED) is 0.503. The van der Waals surface area contributed by atoms with E-state index < -0.39 is 28.5 Å². The molecule has 1 atom stereocenters. The summed E-state index contributed by atoms with van der Waals surface area (Å²) in [6.45, 7) is 1.31. The monoisotopic (exact) mass is 539 g/mol. The summed E-state index contributed by atoms with van der Waals surface area (Å²) in [5.41, 5.74) is 1.05. The van der Waals surface area contributed by atoms with Gasteiger partial charge in [0.05, 0.1) is 11.9 Å². The Morgan fingerprint density at radius 1 is 1.03 bits per heavy atom. The lowest BCUT2D eigenvalue weighted by atomic mass is 9.95. The predicted octanol–water partition coefficient (Wildman–Crippen LogP) is 4.63. The Kier molecular flexibility index (Phi) is 9.44. The van der Waals surface area contributed by atoms with Gasteiger partial charge in [-0.15, -0.1) is 0 Å². The summed E-state index contributed by atoms with van der Waals surface area (Å²) in [6, 6.07) is 12.5. The Morgan fingerprint density at radius 2 is 1.69 bits per heavy atom. The average Bonchev–Trinajstić information content (AvgIpc) is 2.81. The first-order valence-corrected chi connectivity index (χ1v) is 14.2. The molecule has 1 N–H and O–H groups in total. The summed E-state index contributed by atoms with van der Waals surface area (Å²) >= 11 is 12.1. The first-order valence-electron chi connectivity index (χ1n) is 11.6. The summed E-state index contributed by atoms with van der Waals surface area (Å²) in [6.07, 6.45) is 6.16. The van der Waals surface area contributed by atoms with Gasteiger partial charge in [-0.25, -0.2) is 8.42 Å². The van der Waals surface area contributed by atoms with Crippen LogP contribution in [0.1, 0.15) is 44.6 Å². The molecule has 0 saturated heterocycles. The second-order valence-corrected chi connectivity index (χ2v) is 11.7. The molecule has 3 rings (SSSR count). The average molecular weight is 541 g/mol. The number of rotatable bonds is 9. The third-order valence-corrected chi connectivity index (χ3v) is 7.78. The van der Waals surface area contributed by atoms with E-state index in [4.69, 9.17) is 23.2 Å². The zero-order chi connectivity index (χ0) is 25.6. The molecular formula is C25H31Cl2N3O4S. The van der Waals surface area contributed by atoms with Gasteiger partial charge in [-0.1, -0.05) is 54.6 Å². The van der Waals surface area contributed by atoms with Gasteiger partial charge < -0.3 is 10.2 Å². The summed E-state index contributed by atoms with van der Waals surface area (Å²) in [5, 5.41) is 4.02. The summed E-state index contributed by atoms with van der Waals surface area (Å²) in [5.74, 6) is -0.763. The molecule has 1 aliphatic carbocycles. The summed E-state index contributed by atoms with van der Waals surface area (Å²) in [7, 11) is -3.79. The van der Waals surface area contributed by atoms with Crippen LogP contribution in [0.15, 0.2) is 48.5 Å². The van der Waals surface area contributed by atoms with Crippen molar-refractivity contribution in [3.05, 3.63) is 64.1 Å². The van der Waals surface area contributed by atoms with E-state index in [2.05, 4.69) is 5.32 Å². The van der Waals surface area contributed by atoms with E-state index in [0.717, 1.165) is 48.2 Å². The molecule has 1 saturated carbocycles. The fourth-order valence-electron chi connectivity index (χ4n) is 4.20. The number of anilines is 1. The van der Waals surface area contributed by atoms with Gasteiger partial charge in [-0.05, 0) is 61.7 Å². The van der Waals surface area contributed by atoms with Gasteiger partial charge in [0.1, 0.15) is 12.6 Å². The van der Waals surface area contributed by atoms with Gasteiger partial charge in [-0.3, -0.25) is 13.9 Å². The molecule has 7 nitrogen and oxygen atoms in total. The maximum Gasteiger partial charge on any atom is 0.244 e. The highest BCUT2D eigenvalue weighted by Gasteiger charge is 2.31. The number of sulfonamides is 1. The standard InChI is InChI=1S/C25H31Cl2N3O4S/c1-18(25(32)28-22-9-4-3-5-10-22)29(16-19-7-6-8-21(27)15-19)24(31)17-30(35(2,33)34)23-13-11-20(26)12-14-23/h6-8,11-15,18,22H,3-5,9-10,16-17H2,1-2H3,(H,28,32)/t18-/m0/s1. The van der Waals surface area contributed by atoms with Crippen LogP contribution in [0.5, 0.6) is 0 Å². The largest absolute Gasteiger partial charge is 0.352 e. The van der Waals surface area contributed by atoms with Crippen molar-refractivity contribution in [3.8, 4) is 0 Å². The Morgan fingerprint density at radius 3 is 2.29 bits per heavy atom. The van der Waals surface area contributed by atoms with Gasteiger partial charge >= 0.3 is 0 Å². The molecule has 0 heterocycles. The van der Waals surface area contributed by atoms with Crippen molar-refractivity contribution in [3.63, 3.8) is 0 Å². The third-order valence-electron chi connectivity index (χ3n) is 6.15. The minimum atomic E-state index is -3.79. The minimum absolute atomic E-state index is 0.0865. The molecule has 0 unspecified atom stereocenters. The molecule has 0 radical (unpaired) electrons. The first kappa shape index (κ1) is 27.3. The third kappa shape index (κ3) is 7.85. The molecule has 0 spiro atoms. The molecule has 2 amide bonds. The van der Waals surface area contributed by atoms with E-state index in [9.17, 15) is 18.0 Å². The molecule has 0 bridgehead atoms. The molecular weight excluding hydrogens is 509 g/mol. The zero-order valence-electron chi connectivity index (χ0n) is 19.9. The predicted molar refractivity (Wildman–Crippen MR) is 140 cm³/mol. The number of nitrogens with zero attached hydrogens (tertiary/aromatic N) is 2. The van der Waals surface area contributed by atoms with Crippen LogP contribution in [0.2, 0.25) is 10.0 Å². The van der Waals surface area contributed by atoms with E-state index in [1.54, 1.807) is 37.3 Å². The van der Waals surface area contributed by atoms with Crippen LogP contribution in [-0.4, -0.2) is 50.0 Å². The number of benzene rings is 2. The summed E-state index contributed by atoms with van der Waals surface area (Å²) in [4.78, 5) is 28.1. The molecule has 0 aromatic heterocycles. The maximum atomic E-state index is 13.5. The van der Waals surface area contributed by atoms with Crippen molar-refractivity contribution >= 4 is 50.7 Å². The molecule has 2 aromatic carbocycles. The molecule has 0 aliphatic heterocycles. The first-order chi connectivity index (χ1) is 16.5. The number of carbonyl (C=O) groups excluding carboxylic acids is 2. The van der Waals surface area contributed by atoms with Gasteiger partial charge in [0.2, 0.25) is 21.8 Å². The number of halogens is 2. The van der Waals surface area contributed by atoms with Gasteiger partial charge in [0.25, 0.3) is 0 Å². The van der Waals surface area contributed by atoms with E-state index in [1.807, 2.05) is 6.07 Å². The number of carbonyl (C=O) groups is 2. The Balaban J connectivity index is 1.86. The Bertz CT molecular complexity index is 1140. The summed E-state index contributed by atoms with van der Waals surface area (Å²) < 4.78 is 26.2. The molecule has 35 heavy (non-hydrogen) atoms. The van der Waals surface area contributed by atoms with Gasteiger partial charge in [0.15, 0.2) is 0 Å². The second kappa shape index (κ2) is 12.1. The van der Waals surface area contributed by atoms with Crippen molar-refractivity contribution in [1.29, 1.82) is 0 Å². The van der Waals surface area contributed by atoms with Crippen LogP contribution < -0.4 is 9.62 Å². The minimum Gasteiger partial charge on any atom is -0.352 e. The number of hydrogen-bond acceptors (Lipinski definition) is 4. The zero-order valence-corrected chi connectivity index (χ0v) is 22.2. The molecule has 10 heteroatoms. The van der Waals surface area contributed by atoms with E-state index in [-0.39, 0.29) is 18.5 Å². The molecule has 2 aromatic rings. The fourth-order valence-corrected chi connectivity index (χ4v) is 5.39. The van der Waals surface area contributed by atoms with E-state index in [1.165, 1.54) is 17.0 Å². The Labute approximate surface area is 217 Å². The van der Waals surface area contributed by atoms with E-state index in [0.29, 0.717) is 15.7 Å². The van der Waals surface area contributed by atoms with Crippen molar-refractivity contribution < 1.29 is 18.0 Å². The van der Waals surface area contributed by atoms with Crippen molar-refractivity contribution in [2.24, 2.45) is 0 Å².